The first-order valence-corrected chi connectivity index (χ1v) is 4.81. The maximum absolute atomic E-state index is 12.4. The molecule has 15 heavy (non-hydrogen) atoms. The summed E-state index contributed by atoms with van der Waals surface area (Å²) in [5, 5.41) is 0. The monoisotopic (exact) mass is 216 g/mol. The van der Waals surface area contributed by atoms with Crippen molar-refractivity contribution in [3.8, 4) is 0 Å². The van der Waals surface area contributed by atoms with E-state index >= 15 is 0 Å². The van der Waals surface area contributed by atoms with Crippen molar-refractivity contribution in [2.24, 2.45) is 5.73 Å². The molecule has 0 saturated heterocycles. The van der Waals surface area contributed by atoms with Crippen LogP contribution in [0.4, 0.5) is 13.2 Å². The minimum atomic E-state index is -4.36. The van der Waals surface area contributed by atoms with E-state index in [1.54, 1.807) is 0 Å². The molecule has 1 atom stereocenters. The van der Waals surface area contributed by atoms with Gasteiger partial charge in [-0.25, -0.2) is 4.98 Å². The van der Waals surface area contributed by atoms with Crippen LogP contribution >= 0.6 is 0 Å². The molecule has 0 radical (unpaired) electrons. The van der Waals surface area contributed by atoms with Crippen molar-refractivity contribution >= 4 is 0 Å². The number of halogens is 3. The van der Waals surface area contributed by atoms with Crippen molar-refractivity contribution in [1.29, 1.82) is 0 Å². The van der Waals surface area contributed by atoms with Gasteiger partial charge in [-0.15, -0.1) is 0 Å². The van der Waals surface area contributed by atoms with Crippen LogP contribution in [0.3, 0.4) is 0 Å². The zero-order chi connectivity index (χ0) is 11.1. The maximum atomic E-state index is 12.4. The number of pyridine rings is 1. The van der Waals surface area contributed by atoms with Gasteiger partial charge >= 0.3 is 6.18 Å². The Labute approximate surface area is 85.3 Å². The van der Waals surface area contributed by atoms with Crippen molar-refractivity contribution in [2.75, 3.05) is 0 Å². The molecule has 1 aliphatic carbocycles. The Hall–Kier alpha value is -1.10. The van der Waals surface area contributed by atoms with Crippen LogP contribution in [0.1, 0.15) is 35.8 Å². The Morgan fingerprint density at radius 1 is 1.33 bits per heavy atom. The van der Waals surface area contributed by atoms with Crippen LogP contribution < -0.4 is 5.73 Å². The van der Waals surface area contributed by atoms with E-state index in [1.165, 1.54) is 6.07 Å². The zero-order valence-electron chi connectivity index (χ0n) is 8.01. The molecular formula is C10H11F3N2. The lowest BCUT2D eigenvalue weighted by atomic mass is 9.92. The molecule has 1 aliphatic rings. The summed E-state index contributed by atoms with van der Waals surface area (Å²) < 4.78 is 37.1. The first kappa shape index (κ1) is 10.4. The number of hydrogen-bond acceptors (Lipinski definition) is 2. The fourth-order valence-electron chi connectivity index (χ4n) is 1.85. The molecule has 1 aromatic rings. The first-order chi connectivity index (χ1) is 6.98. The van der Waals surface area contributed by atoms with Crippen molar-refractivity contribution in [2.45, 2.75) is 31.5 Å². The number of aromatic nitrogens is 1. The summed E-state index contributed by atoms with van der Waals surface area (Å²) in [5.41, 5.74) is 6.22. The van der Waals surface area contributed by atoms with Crippen LogP contribution in [0, 0.1) is 0 Å². The van der Waals surface area contributed by atoms with Crippen LogP contribution in [0.25, 0.3) is 0 Å². The molecule has 2 nitrogen and oxygen atoms in total. The van der Waals surface area contributed by atoms with E-state index in [4.69, 9.17) is 5.73 Å². The third kappa shape index (κ3) is 1.97. The molecule has 0 aliphatic heterocycles. The Balaban J connectivity index is 2.42. The second-order valence-electron chi connectivity index (χ2n) is 3.73. The summed E-state index contributed by atoms with van der Waals surface area (Å²) in [5.74, 6) is 0. The second kappa shape index (κ2) is 3.48. The molecule has 2 N–H and O–H groups in total. The summed E-state index contributed by atoms with van der Waals surface area (Å²) >= 11 is 0. The van der Waals surface area contributed by atoms with Crippen molar-refractivity contribution in [3.05, 3.63) is 29.1 Å². The molecule has 0 amide bonds. The average Bonchev–Trinajstić information content (AvgIpc) is 2.16. The molecule has 5 heteroatoms. The third-order valence-electron chi connectivity index (χ3n) is 2.63. The maximum Gasteiger partial charge on any atom is 0.433 e. The molecule has 0 spiro atoms. The Morgan fingerprint density at radius 3 is 2.73 bits per heavy atom. The highest BCUT2D eigenvalue weighted by atomic mass is 19.4. The van der Waals surface area contributed by atoms with E-state index in [2.05, 4.69) is 4.98 Å². The quantitative estimate of drug-likeness (QED) is 0.723. The Bertz CT molecular complexity index is 373. The van der Waals surface area contributed by atoms with Crippen LogP contribution in [0.15, 0.2) is 12.1 Å². The zero-order valence-corrected chi connectivity index (χ0v) is 8.01. The van der Waals surface area contributed by atoms with Gasteiger partial charge in [0.15, 0.2) is 0 Å². The number of rotatable bonds is 0. The lowest BCUT2D eigenvalue weighted by Gasteiger charge is -2.22. The normalized spacial score (nSPS) is 21.2. The van der Waals surface area contributed by atoms with Crippen LogP contribution in [-0.4, -0.2) is 4.98 Å². The van der Waals surface area contributed by atoms with Crippen molar-refractivity contribution in [3.63, 3.8) is 0 Å². The number of aryl methyl sites for hydroxylation is 1. The predicted octanol–water partition coefficient (Wildman–Crippen LogP) is 2.44. The number of alkyl halides is 3. The Morgan fingerprint density at radius 2 is 2.07 bits per heavy atom. The smallest absolute Gasteiger partial charge is 0.324 e. The number of nitrogens with zero attached hydrogens (tertiary/aromatic N) is 1. The van der Waals surface area contributed by atoms with Crippen molar-refractivity contribution in [1.82, 2.24) is 4.98 Å². The highest BCUT2D eigenvalue weighted by Gasteiger charge is 2.33. The number of nitrogens with two attached hydrogens (primary N) is 1. The largest absolute Gasteiger partial charge is 0.433 e. The standard InChI is InChI=1S/C10H11F3N2/c11-10(12,13)9-5-4-6-7(14)2-1-3-8(6)15-9/h4-5,7H,1-3,14H2/t7-/m0/s1. The van der Waals surface area contributed by atoms with E-state index in [-0.39, 0.29) is 6.04 Å². The summed E-state index contributed by atoms with van der Waals surface area (Å²) in [4.78, 5) is 3.63. The van der Waals surface area contributed by atoms with Gasteiger partial charge in [-0.2, -0.15) is 13.2 Å². The van der Waals surface area contributed by atoms with E-state index in [0.29, 0.717) is 12.1 Å². The summed E-state index contributed by atoms with van der Waals surface area (Å²) in [7, 11) is 0. The van der Waals surface area contributed by atoms with Gasteiger partial charge in [0, 0.05) is 11.7 Å². The highest BCUT2D eigenvalue weighted by molar-refractivity contribution is 5.29. The second-order valence-corrected chi connectivity index (χ2v) is 3.73. The van der Waals surface area contributed by atoms with Crippen molar-refractivity contribution < 1.29 is 13.2 Å². The number of hydrogen-bond donors (Lipinski definition) is 1. The fourth-order valence-corrected chi connectivity index (χ4v) is 1.85. The molecule has 1 aromatic heterocycles. The topological polar surface area (TPSA) is 38.9 Å². The van der Waals surface area contributed by atoms with Gasteiger partial charge in [0.2, 0.25) is 0 Å². The minimum absolute atomic E-state index is 0.163. The first-order valence-electron chi connectivity index (χ1n) is 4.81. The summed E-state index contributed by atoms with van der Waals surface area (Å²) in [6, 6.07) is 2.29. The summed E-state index contributed by atoms with van der Waals surface area (Å²) in [6.07, 6.45) is -2.15. The molecule has 82 valence electrons. The third-order valence-corrected chi connectivity index (χ3v) is 2.63. The molecule has 0 saturated carbocycles. The lowest BCUT2D eigenvalue weighted by molar-refractivity contribution is -0.141. The lowest BCUT2D eigenvalue weighted by Crippen LogP contribution is -2.20. The SMILES string of the molecule is N[C@H]1CCCc2nc(C(F)(F)F)ccc21. The van der Waals surface area contributed by atoms with E-state index in [9.17, 15) is 13.2 Å². The van der Waals surface area contributed by atoms with Crippen LogP contribution in [-0.2, 0) is 12.6 Å². The molecule has 0 fully saturated rings. The average molecular weight is 216 g/mol. The molecule has 1 heterocycles. The summed E-state index contributed by atoms with van der Waals surface area (Å²) in [6.45, 7) is 0. The van der Waals surface area contributed by atoms with Gasteiger partial charge in [-0.05, 0) is 30.9 Å². The van der Waals surface area contributed by atoms with Gasteiger partial charge in [0.25, 0.3) is 0 Å². The van der Waals surface area contributed by atoms with E-state index < -0.39 is 11.9 Å². The van der Waals surface area contributed by atoms with Gasteiger partial charge in [0.05, 0.1) is 0 Å². The minimum Gasteiger partial charge on any atom is -0.324 e. The van der Waals surface area contributed by atoms with Gasteiger partial charge in [0.1, 0.15) is 5.69 Å². The van der Waals surface area contributed by atoms with Gasteiger partial charge in [-0.1, -0.05) is 6.07 Å². The van der Waals surface area contributed by atoms with Gasteiger partial charge in [-0.3, -0.25) is 0 Å². The molecular weight excluding hydrogens is 205 g/mol. The molecule has 0 unspecified atom stereocenters. The molecule has 0 aromatic carbocycles. The fraction of sp³-hybridized carbons (Fsp3) is 0.500. The predicted molar refractivity (Wildman–Crippen MR) is 49.1 cm³/mol. The van der Waals surface area contributed by atoms with E-state index in [0.717, 1.165) is 24.5 Å². The van der Waals surface area contributed by atoms with Crippen LogP contribution in [0.5, 0.6) is 0 Å². The van der Waals surface area contributed by atoms with Crippen LogP contribution in [0.2, 0.25) is 0 Å². The van der Waals surface area contributed by atoms with Gasteiger partial charge < -0.3 is 5.73 Å². The number of fused-ring (bicyclic) bond motifs is 1. The molecule has 0 bridgehead atoms. The Kier molecular flexibility index (Phi) is 2.42. The molecule has 2 rings (SSSR count). The highest BCUT2D eigenvalue weighted by Crippen LogP contribution is 2.32. The van der Waals surface area contributed by atoms with E-state index in [1.807, 2.05) is 0 Å².